The van der Waals surface area contributed by atoms with E-state index in [9.17, 15) is 9.59 Å². The van der Waals surface area contributed by atoms with Crippen molar-refractivity contribution >= 4 is 23.2 Å². The van der Waals surface area contributed by atoms with Crippen molar-refractivity contribution in [3.05, 3.63) is 24.3 Å². The van der Waals surface area contributed by atoms with Gasteiger partial charge in [0.25, 0.3) is 0 Å². The summed E-state index contributed by atoms with van der Waals surface area (Å²) in [6.45, 7) is 3.51. The van der Waals surface area contributed by atoms with Crippen LogP contribution in [0, 0.1) is 0 Å². The molecule has 0 saturated heterocycles. The van der Waals surface area contributed by atoms with E-state index in [1.165, 1.54) is 6.92 Å². The number of nitrogens with one attached hydrogen (secondary N) is 3. The number of anilines is 2. The lowest BCUT2D eigenvalue weighted by molar-refractivity contribution is -0.120. The smallest absolute Gasteiger partial charge is 0.221 e. The predicted molar refractivity (Wildman–Crippen MR) is 85.4 cm³/mol. The molecule has 116 valence electrons. The summed E-state index contributed by atoms with van der Waals surface area (Å²) in [5, 5.41) is 8.75. The van der Waals surface area contributed by atoms with Gasteiger partial charge in [-0.15, -0.1) is 0 Å². The van der Waals surface area contributed by atoms with Crippen LogP contribution < -0.4 is 16.0 Å². The molecule has 0 aliphatic heterocycles. The number of nitrogens with zero attached hydrogens (tertiary/aromatic N) is 1. The molecule has 0 aliphatic rings. The molecule has 0 bridgehead atoms. The van der Waals surface area contributed by atoms with E-state index in [2.05, 4.69) is 16.0 Å². The van der Waals surface area contributed by atoms with Crippen LogP contribution in [0.3, 0.4) is 0 Å². The highest BCUT2D eigenvalue weighted by molar-refractivity contribution is 5.89. The second-order valence-electron chi connectivity index (χ2n) is 5.09. The Morgan fingerprint density at radius 2 is 1.86 bits per heavy atom. The van der Waals surface area contributed by atoms with E-state index >= 15 is 0 Å². The fourth-order valence-electron chi connectivity index (χ4n) is 1.74. The number of likely N-dealkylation sites (N-methyl/N-ethyl adjacent to an activating group) is 1. The number of benzene rings is 1. The summed E-state index contributed by atoms with van der Waals surface area (Å²) >= 11 is 0. The molecule has 1 rings (SSSR count). The molecule has 0 aliphatic carbocycles. The summed E-state index contributed by atoms with van der Waals surface area (Å²) in [6.07, 6.45) is 0.414. The van der Waals surface area contributed by atoms with Gasteiger partial charge < -0.3 is 20.9 Å². The molecule has 3 N–H and O–H groups in total. The van der Waals surface area contributed by atoms with Crippen molar-refractivity contribution in [1.29, 1.82) is 0 Å². The first-order valence-electron chi connectivity index (χ1n) is 7.00. The first-order valence-corrected chi connectivity index (χ1v) is 7.00. The largest absolute Gasteiger partial charge is 0.384 e. The third-order valence-electron chi connectivity index (χ3n) is 2.75. The van der Waals surface area contributed by atoms with Crippen molar-refractivity contribution in [3.63, 3.8) is 0 Å². The molecule has 0 fully saturated rings. The first kappa shape index (κ1) is 17.0. The molecule has 2 amide bonds. The van der Waals surface area contributed by atoms with Gasteiger partial charge in [-0.05, 0) is 32.3 Å². The van der Waals surface area contributed by atoms with E-state index in [4.69, 9.17) is 0 Å². The fraction of sp³-hybridized carbons (Fsp3) is 0.467. The van der Waals surface area contributed by atoms with Crippen molar-refractivity contribution in [3.8, 4) is 0 Å². The molecule has 0 spiro atoms. The van der Waals surface area contributed by atoms with Gasteiger partial charge in [0.15, 0.2) is 0 Å². The number of rotatable bonds is 8. The van der Waals surface area contributed by atoms with Gasteiger partial charge in [0, 0.05) is 44.4 Å². The SMILES string of the molecule is CC(=O)Nc1cccc(NCCC(=O)NCCN(C)C)c1. The van der Waals surface area contributed by atoms with Crippen LogP contribution in [0.4, 0.5) is 11.4 Å². The lowest BCUT2D eigenvalue weighted by atomic mass is 10.2. The fourth-order valence-corrected chi connectivity index (χ4v) is 1.74. The second kappa shape index (κ2) is 8.97. The Morgan fingerprint density at radius 1 is 1.14 bits per heavy atom. The van der Waals surface area contributed by atoms with Crippen molar-refractivity contribution in [2.75, 3.05) is 44.4 Å². The van der Waals surface area contributed by atoms with Crippen LogP contribution in [0.5, 0.6) is 0 Å². The Labute approximate surface area is 125 Å². The van der Waals surface area contributed by atoms with E-state index in [0.29, 0.717) is 19.5 Å². The monoisotopic (exact) mass is 292 g/mol. The summed E-state index contributed by atoms with van der Waals surface area (Å²) in [7, 11) is 3.94. The molecular weight excluding hydrogens is 268 g/mol. The van der Waals surface area contributed by atoms with Gasteiger partial charge in [-0.2, -0.15) is 0 Å². The van der Waals surface area contributed by atoms with Gasteiger partial charge in [0.2, 0.25) is 11.8 Å². The average molecular weight is 292 g/mol. The Kier molecular flexibility index (Phi) is 7.25. The Hall–Kier alpha value is -2.08. The Bertz CT molecular complexity index is 474. The molecule has 0 saturated carbocycles. The standard InChI is InChI=1S/C15H24N4O2/c1-12(20)18-14-6-4-5-13(11-14)16-8-7-15(21)17-9-10-19(2)3/h4-6,11,16H,7-10H2,1-3H3,(H,17,21)(H,18,20). The van der Waals surface area contributed by atoms with Crippen LogP contribution in [0.2, 0.25) is 0 Å². The molecule has 1 aromatic rings. The molecule has 0 unspecified atom stereocenters. The summed E-state index contributed by atoms with van der Waals surface area (Å²) in [5.41, 5.74) is 1.62. The highest BCUT2D eigenvalue weighted by Crippen LogP contribution is 2.14. The van der Waals surface area contributed by atoms with Crippen LogP contribution in [-0.4, -0.2) is 50.4 Å². The van der Waals surface area contributed by atoms with Crippen molar-refractivity contribution < 1.29 is 9.59 Å². The highest BCUT2D eigenvalue weighted by Gasteiger charge is 2.02. The van der Waals surface area contributed by atoms with Crippen LogP contribution in [0.25, 0.3) is 0 Å². The zero-order valence-electron chi connectivity index (χ0n) is 12.9. The molecule has 0 atom stereocenters. The molecule has 0 aromatic heterocycles. The topological polar surface area (TPSA) is 73.5 Å². The maximum absolute atomic E-state index is 11.6. The first-order chi connectivity index (χ1) is 9.97. The summed E-state index contributed by atoms with van der Waals surface area (Å²) in [5.74, 6) is -0.0743. The van der Waals surface area contributed by atoms with Crippen molar-refractivity contribution in [1.82, 2.24) is 10.2 Å². The maximum atomic E-state index is 11.6. The molecular formula is C15H24N4O2. The van der Waals surface area contributed by atoms with Crippen LogP contribution in [-0.2, 0) is 9.59 Å². The number of carbonyl (C=O) groups is 2. The average Bonchev–Trinajstić information content (AvgIpc) is 2.38. The minimum Gasteiger partial charge on any atom is -0.384 e. The zero-order chi connectivity index (χ0) is 15.7. The van der Waals surface area contributed by atoms with E-state index in [-0.39, 0.29) is 11.8 Å². The van der Waals surface area contributed by atoms with E-state index in [0.717, 1.165) is 17.9 Å². The number of carbonyl (C=O) groups excluding carboxylic acids is 2. The molecule has 21 heavy (non-hydrogen) atoms. The van der Waals surface area contributed by atoms with Gasteiger partial charge in [0.05, 0.1) is 0 Å². The van der Waals surface area contributed by atoms with E-state index in [1.807, 2.05) is 43.3 Å². The third-order valence-corrected chi connectivity index (χ3v) is 2.75. The summed E-state index contributed by atoms with van der Waals surface area (Å²) in [6, 6.07) is 7.41. The maximum Gasteiger partial charge on any atom is 0.221 e. The van der Waals surface area contributed by atoms with Crippen LogP contribution >= 0.6 is 0 Å². The number of hydrogen-bond donors (Lipinski definition) is 3. The minimum absolute atomic E-state index is 0.0300. The van der Waals surface area contributed by atoms with Gasteiger partial charge in [-0.25, -0.2) is 0 Å². The van der Waals surface area contributed by atoms with Gasteiger partial charge in [-0.1, -0.05) is 6.07 Å². The van der Waals surface area contributed by atoms with Gasteiger partial charge in [0.1, 0.15) is 0 Å². The molecule has 1 aromatic carbocycles. The Morgan fingerprint density at radius 3 is 2.52 bits per heavy atom. The van der Waals surface area contributed by atoms with Crippen LogP contribution in [0.1, 0.15) is 13.3 Å². The normalized spacial score (nSPS) is 10.3. The number of amides is 2. The van der Waals surface area contributed by atoms with Gasteiger partial charge in [-0.3, -0.25) is 9.59 Å². The molecule has 6 nitrogen and oxygen atoms in total. The molecule has 0 heterocycles. The second-order valence-corrected chi connectivity index (χ2v) is 5.09. The highest BCUT2D eigenvalue weighted by atomic mass is 16.2. The van der Waals surface area contributed by atoms with Crippen molar-refractivity contribution in [2.24, 2.45) is 0 Å². The third kappa shape index (κ3) is 7.94. The summed E-state index contributed by atoms with van der Waals surface area (Å²) in [4.78, 5) is 24.6. The Balaban J connectivity index is 2.28. The minimum atomic E-state index is -0.104. The summed E-state index contributed by atoms with van der Waals surface area (Å²) < 4.78 is 0. The van der Waals surface area contributed by atoms with Crippen LogP contribution in [0.15, 0.2) is 24.3 Å². The molecule has 0 radical (unpaired) electrons. The quantitative estimate of drug-likeness (QED) is 0.671. The number of hydrogen-bond acceptors (Lipinski definition) is 4. The van der Waals surface area contributed by atoms with E-state index < -0.39 is 0 Å². The van der Waals surface area contributed by atoms with E-state index in [1.54, 1.807) is 0 Å². The van der Waals surface area contributed by atoms with Gasteiger partial charge >= 0.3 is 0 Å². The van der Waals surface area contributed by atoms with Crippen molar-refractivity contribution in [2.45, 2.75) is 13.3 Å². The lowest BCUT2D eigenvalue weighted by Crippen LogP contribution is -2.32. The zero-order valence-corrected chi connectivity index (χ0v) is 12.9. The predicted octanol–water partition coefficient (Wildman–Crippen LogP) is 1.12. The molecule has 6 heteroatoms. The lowest BCUT2D eigenvalue weighted by Gasteiger charge is -2.11.